The molecule has 2 saturated heterocycles. The van der Waals surface area contributed by atoms with E-state index in [-0.39, 0.29) is 18.1 Å². The number of aliphatic hydroxyl groups excluding tert-OH is 1. The van der Waals surface area contributed by atoms with Crippen LogP contribution in [-0.2, 0) is 4.79 Å². The molecule has 3 atom stereocenters. The first-order valence-corrected chi connectivity index (χ1v) is 5.88. The number of nitrogens with zero attached hydrogens (tertiary/aromatic N) is 1. The molecule has 0 aromatic heterocycles. The number of nitrogens with one attached hydrogen (secondary N) is 1. The maximum absolute atomic E-state index is 12.1. The maximum atomic E-state index is 12.1. The highest BCUT2D eigenvalue weighted by Crippen LogP contribution is 2.19. The summed E-state index contributed by atoms with van der Waals surface area (Å²) in [5.41, 5.74) is 0. The van der Waals surface area contributed by atoms with Crippen LogP contribution >= 0.6 is 0 Å². The molecule has 2 aliphatic heterocycles. The van der Waals surface area contributed by atoms with Crippen LogP contribution in [0.4, 0.5) is 0 Å². The van der Waals surface area contributed by atoms with Crippen molar-refractivity contribution < 1.29 is 9.90 Å². The molecule has 0 saturated carbocycles. The topological polar surface area (TPSA) is 52.6 Å². The van der Waals surface area contributed by atoms with Gasteiger partial charge in [-0.3, -0.25) is 4.79 Å². The Bertz CT molecular complexity index is 245. The third-order valence-corrected chi connectivity index (χ3v) is 3.51. The Balaban J connectivity index is 1.94. The van der Waals surface area contributed by atoms with E-state index in [2.05, 4.69) is 12.2 Å². The Morgan fingerprint density at radius 1 is 1.47 bits per heavy atom. The number of likely N-dealkylation sites (tertiary alicyclic amines) is 1. The van der Waals surface area contributed by atoms with Gasteiger partial charge in [-0.05, 0) is 31.7 Å². The zero-order chi connectivity index (χ0) is 10.8. The van der Waals surface area contributed by atoms with Crippen molar-refractivity contribution in [3.05, 3.63) is 0 Å². The van der Waals surface area contributed by atoms with E-state index in [0.29, 0.717) is 12.5 Å². The zero-order valence-electron chi connectivity index (χ0n) is 9.28. The molecule has 2 aliphatic rings. The molecule has 0 radical (unpaired) electrons. The van der Waals surface area contributed by atoms with Crippen molar-refractivity contribution in [1.82, 2.24) is 10.2 Å². The summed E-state index contributed by atoms with van der Waals surface area (Å²) in [5.74, 6) is 0.607. The molecule has 2 rings (SSSR count). The van der Waals surface area contributed by atoms with Crippen molar-refractivity contribution in [1.29, 1.82) is 0 Å². The third-order valence-electron chi connectivity index (χ3n) is 3.51. The van der Waals surface area contributed by atoms with Crippen molar-refractivity contribution in [2.24, 2.45) is 5.92 Å². The lowest BCUT2D eigenvalue weighted by Crippen LogP contribution is -2.50. The van der Waals surface area contributed by atoms with Crippen molar-refractivity contribution in [2.75, 3.05) is 19.6 Å². The van der Waals surface area contributed by atoms with Gasteiger partial charge >= 0.3 is 0 Å². The van der Waals surface area contributed by atoms with E-state index in [1.165, 1.54) is 0 Å². The first-order valence-electron chi connectivity index (χ1n) is 5.88. The second kappa shape index (κ2) is 4.49. The van der Waals surface area contributed by atoms with E-state index in [0.717, 1.165) is 32.4 Å². The molecule has 15 heavy (non-hydrogen) atoms. The highest BCUT2D eigenvalue weighted by Gasteiger charge is 2.34. The number of carbonyl (C=O) groups is 1. The van der Waals surface area contributed by atoms with Crippen LogP contribution in [-0.4, -0.2) is 47.7 Å². The molecule has 4 nitrogen and oxygen atoms in total. The Labute approximate surface area is 90.6 Å². The fraction of sp³-hybridized carbons (Fsp3) is 0.909. The lowest BCUT2D eigenvalue weighted by Gasteiger charge is -2.32. The first-order chi connectivity index (χ1) is 7.18. The van der Waals surface area contributed by atoms with E-state index in [1.807, 2.05) is 4.90 Å². The zero-order valence-corrected chi connectivity index (χ0v) is 9.28. The molecule has 0 spiro atoms. The number of aliphatic hydroxyl groups is 1. The summed E-state index contributed by atoms with van der Waals surface area (Å²) in [6.45, 7) is 4.38. The molecule has 2 N–H and O–H groups in total. The monoisotopic (exact) mass is 212 g/mol. The average molecular weight is 212 g/mol. The summed E-state index contributed by atoms with van der Waals surface area (Å²) in [5, 5.41) is 12.8. The highest BCUT2D eigenvalue weighted by atomic mass is 16.3. The van der Waals surface area contributed by atoms with Crippen molar-refractivity contribution >= 4 is 5.91 Å². The molecular formula is C11H20N2O2. The minimum atomic E-state index is -0.320. The van der Waals surface area contributed by atoms with Gasteiger partial charge in [0.1, 0.15) is 0 Å². The van der Waals surface area contributed by atoms with E-state index in [4.69, 9.17) is 0 Å². The number of rotatable bonds is 1. The van der Waals surface area contributed by atoms with Crippen LogP contribution in [0.25, 0.3) is 0 Å². The summed E-state index contributed by atoms with van der Waals surface area (Å²) in [6.07, 6.45) is 2.51. The Hall–Kier alpha value is -0.610. The van der Waals surface area contributed by atoms with E-state index >= 15 is 0 Å². The van der Waals surface area contributed by atoms with Crippen LogP contribution < -0.4 is 5.32 Å². The van der Waals surface area contributed by atoms with Gasteiger partial charge in [-0.1, -0.05) is 6.92 Å². The smallest absolute Gasteiger partial charge is 0.240 e. The van der Waals surface area contributed by atoms with Crippen LogP contribution in [0, 0.1) is 5.92 Å². The van der Waals surface area contributed by atoms with Crippen LogP contribution in [0.5, 0.6) is 0 Å². The Morgan fingerprint density at radius 3 is 2.87 bits per heavy atom. The molecule has 0 aliphatic carbocycles. The van der Waals surface area contributed by atoms with Gasteiger partial charge in [0.25, 0.3) is 0 Å². The second-order valence-electron chi connectivity index (χ2n) is 4.78. The molecule has 0 aromatic rings. The van der Waals surface area contributed by atoms with Crippen LogP contribution in [0.2, 0.25) is 0 Å². The van der Waals surface area contributed by atoms with Gasteiger partial charge in [0.05, 0.1) is 12.1 Å². The number of hydrogen-bond acceptors (Lipinski definition) is 3. The van der Waals surface area contributed by atoms with Gasteiger partial charge in [-0.15, -0.1) is 0 Å². The second-order valence-corrected chi connectivity index (χ2v) is 4.78. The molecule has 1 amide bonds. The number of hydrogen-bond donors (Lipinski definition) is 2. The summed E-state index contributed by atoms with van der Waals surface area (Å²) in [4.78, 5) is 13.9. The molecule has 0 aromatic carbocycles. The predicted octanol–water partition coefficient (Wildman–Crippen LogP) is -0.0323. The molecule has 86 valence electrons. The quantitative estimate of drug-likeness (QED) is 0.641. The normalized spacial score (nSPS) is 36.9. The van der Waals surface area contributed by atoms with Gasteiger partial charge in [-0.25, -0.2) is 0 Å². The Morgan fingerprint density at radius 2 is 2.27 bits per heavy atom. The minimum absolute atomic E-state index is 0.0182. The molecular weight excluding hydrogens is 192 g/mol. The van der Waals surface area contributed by atoms with Gasteiger partial charge in [0.15, 0.2) is 0 Å². The summed E-state index contributed by atoms with van der Waals surface area (Å²) in [6, 6.07) is -0.0182. The van der Waals surface area contributed by atoms with E-state index < -0.39 is 0 Å². The van der Waals surface area contributed by atoms with Crippen molar-refractivity contribution in [3.63, 3.8) is 0 Å². The predicted molar refractivity (Wildman–Crippen MR) is 57.4 cm³/mol. The molecule has 4 heteroatoms. The van der Waals surface area contributed by atoms with Gasteiger partial charge in [0.2, 0.25) is 5.91 Å². The van der Waals surface area contributed by atoms with Crippen molar-refractivity contribution in [3.8, 4) is 0 Å². The molecule has 0 bridgehead atoms. The van der Waals surface area contributed by atoms with Gasteiger partial charge in [-0.2, -0.15) is 0 Å². The average Bonchev–Trinajstić information content (AvgIpc) is 2.63. The van der Waals surface area contributed by atoms with Gasteiger partial charge < -0.3 is 15.3 Å². The van der Waals surface area contributed by atoms with Crippen molar-refractivity contribution in [2.45, 2.75) is 38.3 Å². The molecule has 3 unspecified atom stereocenters. The van der Waals surface area contributed by atoms with Crippen LogP contribution in [0.15, 0.2) is 0 Å². The summed E-state index contributed by atoms with van der Waals surface area (Å²) < 4.78 is 0. The number of β-amino-alcohol motifs (C(OH)–C–C–N with tert-alkyl or cyclic N) is 1. The highest BCUT2D eigenvalue weighted by molar-refractivity contribution is 5.82. The number of amides is 1. The lowest BCUT2D eigenvalue weighted by atomic mass is 10.0. The van der Waals surface area contributed by atoms with E-state index in [9.17, 15) is 9.90 Å². The number of carbonyl (C=O) groups excluding carboxylic acids is 1. The SMILES string of the molecule is CC1CCNC1C(=O)N1CCCC(O)C1. The molecule has 2 fully saturated rings. The largest absolute Gasteiger partial charge is 0.391 e. The van der Waals surface area contributed by atoms with E-state index in [1.54, 1.807) is 0 Å². The van der Waals surface area contributed by atoms with Crippen LogP contribution in [0.3, 0.4) is 0 Å². The summed E-state index contributed by atoms with van der Waals surface area (Å²) in [7, 11) is 0. The lowest BCUT2D eigenvalue weighted by molar-refractivity contribution is -0.137. The fourth-order valence-corrected chi connectivity index (χ4v) is 2.52. The number of piperidine rings is 1. The first kappa shape index (κ1) is 10.9. The maximum Gasteiger partial charge on any atom is 0.240 e. The fourth-order valence-electron chi connectivity index (χ4n) is 2.52. The van der Waals surface area contributed by atoms with Crippen LogP contribution in [0.1, 0.15) is 26.2 Å². The van der Waals surface area contributed by atoms with Gasteiger partial charge in [0, 0.05) is 13.1 Å². The third kappa shape index (κ3) is 2.32. The standard InChI is InChI=1S/C11H20N2O2/c1-8-4-5-12-10(8)11(15)13-6-2-3-9(14)7-13/h8-10,12,14H,2-7H2,1H3. The minimum Gasteiger partial charge on any atom is -0.391 e. The molecule has 2 heterocycles. The summed E-state index contributed by atoms with van der Waals surface area (Å²) >= 11 is 0. The Kier molecular flexibility index (Phi) is 3.26.